The Kier molecular flexibility index (Phi) is 4.82. The first-order valence-electron chi connectivity index (χ1n) is 12.0. The van der Waals surface area contributed by atoms with Crippen LogP contribution in [0.25, 0.3) is 0 Å². The van der Waals surface area contributed by atoms with Crippen LogP contribution in [0.15, 0.2) is 36.4 Å². The van der Waals surface area contributed by atoms with Gasteiger partial charge in [-0.05, 0) is 56.2 Å². The van der Waals surface area contributed by atoms with Crippen LogP contribution in [0.4, 0.5) is 13.6 Å². The number of hydrogen-bond donors (Lipinski definition) is 1. The summed E-state index contributed by atoms with van der Waals surface area (Å²) in [4.78, 5) is 16.9. The number of carbonyl (C=O) groups is 1. The second-order valence-corrected chi connectivity index (χ2v) is 7.72. The minimum atomic E-state index is -2.48. The Labute approximate surface area is 181 Å². The molecule has 0 saturated carbocycles. The lowest BCUT2D eigenvalue weighted by Gasteiger charge is -2.37. The first-order valence-corrected chi connectivity index (χ1v) is 9.97. The Morgan fingerprint density at radius 2 is 2.07 bits per heavy atom. The minimum absolute atomic E-state index is 0.00683. The lowest BCUT2D eigenvalue weighted by Crippen LogP contribution is -2.49. The molecule has 0 spiro atoms. The van der Waals surface area contributed by atoms with Gasteiger partial charge in [0.25, 0.3) is 0 Å². The first kappa shape index (κ1) is 16.1. The number of nitrogens with zero attached hydrogens (tertiary/aromatic N) is 2. The number of ether oxygens (including phenoxy) is 1. The van der Waals surface area contributed by atoms with Crippen LogP contribution in [-0.4, -0.2) is 48.6 Å². The summed E-state index contributed by atoms with van der Waals surface area (Å²) in [6, 6.07) is 7.40. The van der Waals surface area contributed by atoms with Gasteiger partial charge in [-0.2, -0.15) is 0 Å². The molecular formula is C23H27F2N3O2. The molecule has 0 bridgehead atoms. The number of hydrogen-bond acceptors (Lipinski definition) is 3. The molecule has 1 saturated heterocycles. The van der Waals surface area contributed by atoms with Crippen molar-refractivity contribution in [1.29, 1.82) is 0 Å². The van der Waals surface area contributed by atoms with Gasteiger partial charge in [0.05, 0.1) is 15.8 Å². The van der Waals surface area contributed by atoms with Crippen LogP contribution in [0, 0.1) is 11.6 Å². The Morgan fingerprint density at radius 3 is 2.83 bits per heavy atom. The molecule has 2 aromatic rings. The molecule has 0 atom stereocenters. The number of nitrogens with one attached hydrogen (secondary N) is 1. The highest BCUT2D eigenvalue weighted by Crippen LogP contribution is 2.26. The molecule has 2 amide bonds. The zero-order valence-corrected chi connectivity index (χ0v) is 16.8. The summed E-state index contributed by atoms with van der Waals surface area (Å²) in [6.07, 6.45) is -0.890. The highest BCUT2D eigenvalue weighted by molar-refractivity contribution is 5.74. The van der Waals surface area contributed by atoms with Gasteiger partial charge >= 0.3 is 6.03 Å². The largest absolute Gasteiger partial charge is 0.493 e. The van der Waals surface area contributed by atoms with Gasteiger partial charge in [-0.1, -0.05) is 18.2 Å². The van der Waals surface area contributed by atoms with E-state index in [-0.39, 0.29) is 36.0 Å². The van der Waals surface area contributed by atoms with Gasteiger partial charge in [0.15, 0.2) is 0 Å². The number of halogens is 2. The number of fused-ring (bicyclic) bond motifs is 1. The van der Waals surface area contributed by atoms with Crippen LogP contribution in [0.1, 0.15) is 35.0 Å². The second kappa shape index (κ2) is 9.00. The number of amides is 2. The summed E-state index contributed by atoms with van der Waals surface area (Å²) in [5, 5.41) is 2.82. The maximum absolute atomic E-state index is 14.3. The van der Waals surface area contributed by atoms with Crippen LogP contribution in [0.2, 0.25) is 0 Å². The molecule has 5 nitrogen and oxygen atoms in total. The van der Waals surface area contributed by atoms with Crippen LogP contribution >= 0.6 is 0 Å². The normalized spacial score (nSPS) is 22.1. The maximum atomic E-state index is 14.3. The van der Waals surface area contributed by atoms with Crippen molar-refractivity contribution in [1.82, 2.24) is 15.1 Å². The molecule has 2 heterocycles. The number of aryl methyl sites for hydroxylation is 1. The summed E-state index contributed by atoms with van der Waals surface area (Å²) >= 11 is 0. The molecular weight excluding hydrogens is 388 g/mol. The number of urea groups is 1. The SMILES string of the molecule is [2H]C1([2H])Oc2ccc(CNC(=O)N(Cc3ccc(F)cc3F)C3CCN(C)CC3)cc2C1([2H])[2H]. The average molecular weight is 420 g/mol. The first-order chi connectivity index (χ1) is 16.0. The van der Waals surface area contributed by atoms with Crippen molar-refractivity contribution in [2.45, 2.75) is 38.3 Å². The third-order valence-corrected chi connectivity index (χ3v) is 5.58. The van der Waals surface area contributed by atoms with Gasteiger partial charge in [0.2, 0.25) is 0 Å². The van der Waals surface area contributed by atoms with E-state index in [4.69, 9.17) is 10.2 Å². The molecule has 2 aliphatic rings. The number of likely N-dealkylation sites (tertiary alicyclic amines) is 1. The second-order valence-electron chi connectivity index (χ2n) is 7.72. The van der Waals surface area contributed by atoms with Crippen molar-refractivity contribution in [3.63, 3.8) is 0 Å². The van der Waals surface area contributed by atoms with Crippen molar-refractivity contribution in [3.8, 4) is 5.75 Å². The lowest BCUT2D eigenvalue weighted by atomic mass is 10.0. The fourth-order valence-corrected chi connectivity index (χ4v) is 3.80. The molecule has 4 rings (SSSR count). The van der Waals surface area contributed by atoms with E-state index in [1.807, 2.05) is 7.05 Å². The topological polar surface area (TPSA) is 44.8 Å². The quantitative estimate of drug-likeness (QED) is 0.804. The molecule has 1 fully saturated rings. The van der Waals surface area contributed by atoms with Crippen LogP contribution in [0.5, 0.6) is 5.75 Å². The molecule has 0 aromatic heterocycles. The summed E-state index contributed by atoms with van der Waals surface area (Å²) in [6.45, 7) is -0.834. The van der Waals surface area contributed by atoms with Crippen molar-refractivity contribution in [3.05, 3.63) is 64.7 Å². The van der Waals surface area contributed by atoms with E-state index in [0.29, 0.717) is 5.56 Å². The molecule has 2 aromatic carbocycles. The monoisotopic (exact) mass is 419 g/mol. The molecule has 0 unspecified atom stereocenters. The Bertz CT molecular complexity index is 1080. The van der Waals surface area contributed by atoms with E-state index >= 15 is 0 Å². The predicted molar refractivity (Wildman–Crippen MR) is 110 cm³/mol. The van der Waals surface area contributed by atoms with Gasteiger partial charge in [-0.3, -0.25) is 0 Å². The Balaban J connectivity index is 1.50. The number of carbonyl (C=O) groups excluding carboxylic acids is 1. The summed E-state index contributed by atoms with van der Waals surface area (Å²) in [5.74, 6) is -1.26. The maximum Gasteiger partial charge on any atom is 0.318 e. The van der Waals surface area contributed by atoms with Gasteiger partial charge in [-0.25, -0.2) is 13.6 Å². The van der Waals surface area contributed by atoms with Crippen molar-refractivity contribution in [2.75, 3.05) is 26.7 Å². The van der Waals surface area contributed by atoms with E-state index < -0.39 is 30.6 Å². The zero-order chi connectivity index (χ0) is 24.7. The molecule has 7 heteroatoms. The van der Waals surface area contributed by atoms with E-state index in [1.165, 1.54) is 24.3 Å². The van der Waals surface area contributed by atoms with E-state index in [1.54, 1.807) is 11.0 Å². The summed E-state index contributed by atoms with van der Waals surface area (Å²) < 4.78 is 64.5. The van der Waals surface area contributed by atoms with E-state index in [2.05, 4.69) is 10.2 Å². The Morgan fingerprint density at radius 1 is 1.27 bits per heavy atom. The smallest absolute Gasteiger partial charge is 0.318 e. The number of benzene rings is 2. The van der Waals surface area contributed by atoms with Crippen molar-refractivity contribution >= 4 is 6.03 Å². The van der Waals surface area contributed by atoms with Crippen LogP contribution < -0.4 is 10.1 Å². The third kappa shape index (κ3) is 4.73. The molecule has 30 heavy (non-hydrogen) atoms. The molecule has 160 valence electrons. The minimum Gasteiger partial charge on any atom is -0.493 e. The van der Waals surface area contributed by atoms with E-state index in [9.17, 15) is 13.6 Å². The highest BCUT2D eigenvalue weighted by atomic mass is 19.1. The number of rotatable bonds is 5. The van der Waals surface area contributed by atoms with Crippen LogP contribution in [-0.2, 0) is 19.5 Å². The molecule has 2 aliphatic heterocycles. The van der Waals surface area contributed by atoms with Gasteiger partial charge in [0, 0.05) is 33.3 Å². The number of piperidine rings is 1. The Hall–Kier alpha value is -2.67. The van der Waals surface area contributed by atoms with Gasteiger partial charge in [0.1, 0.15) is 17.4 Å². The highest BCUT2D eigenvalue weighted by Gasteiger charge is 2.28. The van der Waals surface area contributed by atoms with Crippen molar-refractivity contribution in [2.24, 2.45) is 0 Å². The fraction of sp³-hybridized carbons (Fsp3) is 0.435. The van der Waals surface area contributed by atoms with E-state index in [0.717, 1.165) is 32.0 Å². The average Bonchev–Trinajstić information content (AvgIpc) is 2.96. The fourth-order valence-electron chi connectivity index (χ4n) is 3.80. The summed E-state index contributed by atoms with van der Waals surface area (Å²) in [7, 11) is 2.00. The third-order valence-electron chi connectivity index (χ3n) is 5.58. The predicted octanol–water partition coefficient (Wildman–Crippen LogP) is 3.71. The van der Waals surface area contributed by atoms with Gasteiger partial charge < -0.3 is 19.9 Å². The zero-order valence-electron chi connectivity index (χ0n) is 20.8. The molecule has 1 N–H and O–H groups in total. The lowest BCUT2D eigenvalue weighted by molar-refractivity contribution is 0.126. The molecule has 0 aliphatic carbocycles. The molecule has 0 radical (unpaired) electrons. The van der Waals surface area contributed by atoms with Gasteiger partial charge in [-0.15, -0.1) is 0 Å². The van der Waals surface area contributed by atoms with Crippen molar-refractivity contribution < 1.29 is 23.8 Å². The van der Waals surface area contributed by atoms with Crippen LogP contribution in [0.3, 0.4) is 0 Å². The standard InChI is InChI=1S/C23H27F2N3O2/c1-27-9-6-20(7-10-27)28(15-18-3-4-19(24)13-21(18)25)23(29)26-14-16-2-5-22-17(12-16)8-11-30-22/h2-5,12-13,20H,6-11,14-15H2,1H3,(H,26,29)/i8D2,11D2. The summed E-state index contributed by atoms with van der Waals surface area (Å²) in [5.41, 5.74) is 0.888.